The Kier molecular flexibility index (Phi) is 6.87. The molecule has 4 nitrogen and oxygen atoms in total. The molecule has 1 aromatic rings. The van der Waals surface area contributed by atoms with Gasteiger partial charge in [-0.25, -0.2) is 4.79 Å². The van der Waals surface area contributed by atoms with Gasteiger partial charge in [0.1, 0.15) is 11.3 Å². The lowest BCUT2D eigenvalue weighted by atomic mass is 10.1. The second-order valence-electron chi connectivity index (χ2n) is 3.98. The molecule has 0 aliphatic carbocycles. The lowest BCUT2D eigenvalue weighted by Gasteiger charge is -2.07. The van der Waals surface area contributed by atoms with Crippen LogP contribution in [0.3, 0.4) is 0 Å². The van der Waals surface area contributed by atoms with Crippen molar-refractivity contribution in [2.24, 2.45) is 0 Å². The van der Waals surface area contributed by atoms with Gasteiger partial charge in [-0.15, -0.1) is 0 Å². The fourth-order valence-corrected chi connectivity index (χ4v) is 2.12. The molecule has 0 radical (unpaired) electrons. The summed E-state index contributed by atoms with van der Waals surface area (Å²) in [7, 11) is 2.85. The third kappa shape index (κ3) is 5.09. The van der Waals surface area contributed by atoms with E-state index in [0.717, 1.165) is 17.7 Å². The van der Waals surface area contributed by atoms with E-state index in [2.05, 4.69) is 4.74 Å². The molecule has 0 fully saturated rings. The smallest absolute Gasteiger partial charge is 0.341 e. The SMILES string of the molecule is COC(=O)c1ccc(C=CCCSC(C)=O)cc1OC. The zero-order valence-corrected chi connectivity index (χ0v) is 12.7. The summed E-state index contributed by atoms with van der Waals surface area (Å²) in [5, 5.41) is 0.127. The molecule has 0 bridgehead atoms. The maximum absolute atomic E-state index is 11.5. The molecule has 0 spiro atoms. The van der Waals surface area contributed by atoms with Gasteiger partial charge in [0.25, 0.3) is 0 Å². The number of ether oxygens (including phenoxy) is 2. The summed E-state index contributed by atoms with van der Waals surface area (Å²) in [4.78, 5) is 22.3. The maximum Gasteiger partial charge on any atom is 0.341 e. The molecule has 0 amide bonds. The standard InChI is InChI=1S/C15H18O4S/c1-11(16)20-9-5-4-6-12-7-8-13(15(17)19-3)14(10-12)18-2/h4,6-8,10H,5,9H2,1-3H3. The minimum atomic E-state index is -0.421. The molecular formula is C15H18O4S. The second-order valence-corrected chi connectivity index (χ2v) is 5.25. The Bertz CT molecular complexity index is 509. The number of benzene rings is 1. The predicted molar refractivity (Wildman–Crippen MR) is 81.1 cm³/mol. The number of carbonyl (C=O) groups is 2. The number of esters is 1. The van der Waals surface area contributed by atoms with Crippen molar-refractivity contribution in [2.45, 2.75) is 13.3 Å². The summed E-state index contributed by atoms with van der Waals surface area (Å²) in [6.45, 7) is 1.56. The molecule has 0 saturated carbocycles. The zero-order valence-electron chi connectivity index (χ0n) is 11.8. The Labute approximate surface area is 123 Å². The van der Waals surface area contributed by atoms with Crippen LogP contribution in [0.5, 0.6) is 5.75 Å². The van der Waals surface area contributed by atoms with Gasteiger partial charge in [-0.2, -0.15) is 0 Å². The summed E-state index contributed by atoms with van der Waals surface area (Å²) < 4.78 is 9.87. The molecular weight excluding hydrogens is 276 g/mol. The lowest BCUT2D eigenvalue weighted by molar-refractivity contribution is -0.109. The number of hydrogen-bond acceptors (Lipinski definition) is 5. The summed E-state index contributed by atoms with van der Waals surface area (Å²) in [6.07, 6.45) is 4.73. The van der Waals surface area contributed by atoms with Gasteiger partial charge in [0.2, 0.25) is 0 Å². The topological polar surface area (TPSA) is 52.6 Å². The van der Waals surface area contributed by atoms with Crippen molar-refractivity contribution in [2.75, 3.05) is 20.0 Å². The fraction of sp³-hybridized carbons (Fsp3) is 0.333. The molecule has 1 rings (SSSR count). The van der Waals surface area contributed by atoms with Gasteiger partial charge >= 0.3 is 5.97 Å². The molecule has 0 heterocycles. The summed E-state index contributed by atoms with van der Waals surface area (Å²) in [5.41, 5.74) is 1.33. The van der Waals surface area contributed by atoms with Crippen molar-refractivity contribution in [3.8, 4) is 5.75 Å². The van der Waals surface area contributed by atoms with E-state index in [1.807, 2.05) is 18.2 Å². The monoisotopic (exact) mass is 294 g/mol. The molecule has 0 atom stereocenters. The molecule has 1 aromatic carbocycles. The Morgan fingerprint density at radius 1 is 1.30 bits per heavy atom. The van der Waals surface area contributed by atoms with E-state index < -0.39 is 5.97 Å². The van der Waals surface area contributed by atoms with Gasteiger partial charge in [-0.05, 0) is 24.1 Å². The first-order valence-corrected chi connectivity index (χ1v) is 7.13. The predicted octanol–water partition coefficient (Wildman–Crippen LogP) is 3.16. The van der Waals surface area contributed by atoms with Gasteiger partial charge in [0.05, 0.1) is 14.2 Å². The Morgan fingerprint density at radius 2 is 2.05 bits per heavy atom. The highest BCUT2D eigenvalue weighted by Gasteiger charge is 2.12. The number of allylic oxidation sites excluding steroid dienone is 1. The van der Waals surface area contributed by atoms with Crippen molar-refractivity contribution in [3.05, 3.63) is 35.4 Å². The highest BCUT2D eigenvalue weighted by Crippen LogP contribution is 2.22. The van der Waals surface area contributed by atoms with Crippen LogP contribution in [0.4, 0.5) is 0 Å². The Hall–Kier alpha value is -1.75. The summed E-state index contributed by atoms with van der Waals surface area (Å²) >= 11 is 1.31. The van der Waals surface area contributed by atoms with Gasteiger partial charge < -0.3 is 9.47 Å². The van der Waals surface area contributed by atoms with Crippen LogP contribution < -0.4 is 4.74 Å². The molecule has 0 aliphatic rings. The molecule has 108 valence electrons. The highest BCUT2D eigenvalue weighted by atomic mass is 32.2. The molecule has 0 aromatic heterocycles. The molecule has 0 aliphatic heterocycles. The lowest BCUT2D eigenvalue weighted by Crippen LogP contribution is -2.04. The first kappa shape index (κ1) is 16.3. The number of rotatable bonds is 6. The van der Waals surface area contributed by atoms with E-state index in [4.69, 9.17) is 4.74 Å². The van der Waals surface area contributed by atoms with Crippen LogP contribution in [0.1, 0.15) is 29.3 Å². The maximum atomic E-state index is 11.5. The first-order valence-electron chi connectivity index (χ1n) is 6.14. The molecule has 0 unspecified atom stereocenters. The van der Waals surface area contributed by atoms with Crippen LogP contribution in [0, 0.1) is 0 Å². The van der Waals surface area contributed by atoms with Crippen LogP contribution in [-0.4, -0.2) is 31.1 Å². The third-order valence-electron chi connectivity index (χ3n) is 2.53. The highest BCUT2D eigenvalue weighted by molar-refractivity contribution is 8.13. The van der Waals surface area contributed by atoms with E-state index in [-0.39, 0.29) is 5.12 Å². The van der Waals surface area contributed by atoms with Crippen LogP contribution in [0.15, 0.2) is 24.3 Å². The van der Waals surface area contributed by atoms with E-state index in [1.165, 1.54) is 26.0 Å². The fourth-order valence-electron chi connectivity index (χ4n) is 1.58. The Morgan fingerprint density at radius 3 is 2.65 bits per heavy atom. The first-order chi connectivity index (χ1) is 9.58. The quantitative estimate of drug-likeness (QED) is 0.596. The van der Waals surface area contributed by atoms with E-state index in [0.29, 0.717) is 11.3 Å². The molecule has 0 N–H and O–H groups in total. The van der Waals surface area contributed by atoms with Crippen molar-refractivity contribution < 1.29 is 19.1 Å². The minimum absolute atomic E-state index is 0.127. The van der Waals surface area contributed by atoms with E-state index in [1.54, 1.807) is 19.1 Å². The zero-order chi connectivity index (χ0) is 15.0. The average Bonchev–Trinajstić information content (AvgIpc) is 2.45. The number of hydrogen-bond donors (Lipinski definition) is 0. The summed E-state index contributed by atoms with van der Waals surface area (Å²) in [5.74, 6) is 0.829. The molecule has 20 heavy (non-hydrogen) atoms. The van der Waals surface area contributed by atoms with Gasteiger partial charge in [-0.3, -0.25) is 4.79 Å². The van der Waals surface area contributed by atoms with Crippen LogP contribution in [0.25, 0.3) is 6.08 Å². The Balaban J connectivity index is 2.70. The average molecular weight is 294 g/mol. The van der Waals surface area contributed by atoms with Crippen LogP contribution in [-0.2, 0) is 9.53 Å². The van der Waals surface area contributed by atoms with E-state index >= 15 is 0 Å². The molecule has 0 saturated heterocycles. The third-order valence-corrected chi connectivity index (χ3v) is 3.38. The van der Waals surface area contributed by atoms with Crippen molar-refractivity contribution in [1.29, 1.82) is 0 Å². The summed E-state index contributed by atoms with van der Waals surface area (Å²) in [6, 6.07) is 5.28. The van der Waals surface area contributed by atoms with Crippen molar-refractivity contribution in [3.63, 3.8) is 0 Å². The molecule has 5 heteroatoms. The van der Waals surface area contributed by atoms with Gasteiger partial charge in [-0.1, -0.05) is 30.0 Å². The minimum Gasteiger partial charge on any atom is -0.496 e. The van der Waals surface area contributed by atoms with Crippen molar-refractivity contribution >= 4 is 28.9 Å². The normalized spacial score (nSPS) is 10.6. The van der Waals surface area contributed by atoms with Crippen LogP contribution in [0.2, 0.25) is 0 Å². The second kappa shape index (κ2) is 8.43. The number of carbonyl (C=O) groups excluding carboxylic acids is 2. The van der Waals surface area contributed by atoms with Crippen molar-refractivity contribution in [1.82, 2.24) is 0 Å². The van der Waals surface area contributed by atoms with Gasteiger partial charge in [0, 0.05) is 12.7 Å². The van der Waals surface area contributed by atoms with Crippen LogP contribution >= 0.6 is 11.8 Å². The number of methoxy groups -OCH3 is 2. The number of thioether (sulfide) groups is 1. The van der Waals surface area contributed by atoms with Gasteiger partial charge in [0.15, 0.2) is 5.12 Å². The largest absolute Gasteiger partial charge is 0.496 e. The van der Waals surface area contributed by atoms with E-state index in [9.17, 15) is 9.59 Å².